The summed E-state index contributed by atoms with van der Waals surface area (Å²) in [5, 5.41) is 6.69. The van der Waals surface area contributed by atoms with Gasteiger partial charge in [-0.25, -0.2) is 4.98 Å². The number of nitrogens with zero attached hydrogens (tertiary/aromatic N) is 3. The van der Waals surface area contributed by atoms with Crippen LogP contribution >= 0.6 is 23.2 Å². The van der Waals surface area contributed by atoms with Crippen LogP contribution in [0.4, 0.5) is 5.69 Å². The first-order valence-electron chi connectivity index (χ1n) is 8.37. The third kappa shape index (κ3) is 3.29. The summed E-state index contributed by atoms with van der Waals surface area (Å²) in [5.41, 5.74) is 0.399. The lowest BCUT2D eigenvalue weighted by Crippen LogP contribution is -2.26. The molecule has 1 aliphatic rings. The van der Waals surface area contributed by atoms with Gasteiger partial charge in [-0.1, -0.05) is 23.2 Å². The molecule has 27 heavy (non-hydrogen) atoms. The third-order valence-electron chi connectivity index (χ3n) is 4.55. The number of anilines is 1. The van der Waals surface area contributed by atoms with Gasteiger partial charge in [0.1, 0.15) is 11.2 Å². The van der Waals surface area contributed by atoms with Crippen LogP contribution in [0.3, 0.4) is 0 Å². The van der Waals surface area contributed by atoms with Gasteiger partial charge in [0.15, 0.2) is 0 Å². The van der Waals surface area contributed by atoms with Gasteiger partial charge in [-0.15, -0.1) is 0 Å². The monoisotopic (exact) mass is 403 g/mol. The minimum Gasteiger partial charge on any atom is -0.327 e. The molecule has 0 saturated carbocycles. The molecule has 1 aliphatic heterocycles. The van der Waals surface area contributed by atoms with Crippen molar-refractivity contribution in [1.82, 2.24) is 19.9 Å². The standard InChI is InChI=1S/C18H15Cl2N5O2/c19-13-7-22-8-14(20)15(13)24-18(27)12-9-25(10-3-5-21-6-10)17-11(16(12)26)2-1-4-23-17/h1-2,4,7-10,21H,3,5-6H2,(H,22,24,27). The molecule has 0 bridgehead atoms. The van der Waals surface area contributed by atoms with Crippen LogP contribution in [-0.4, -0.2) is 33.5 Å². The minimum absolute atomic E-state index is 0.00588. The molecule has 0 aromatic carbocycles. The number of aromatic nitrogens is 3. The van der Waals surface area contributed by atoms with Gasteiger partial charge in [0.2, 0.25) is 5.43 Å². The van der Waals surface area contributed by atoms with E-state index in [0.717, 1.165) is 19.5 Å². The topological polar surface area (TPSA) is 88.9 Å². The molecule has 1 unspecified atom stereocenters. The number of rotatable bonds is 3. The number of carbonyl (C=O) groups is 1. The summed E-state index contributed by atoms with van der Waals surface area (Å²) in [6, 6.07) is 3.47. The second-order valence-electron chi connectivity index (χ2n) is 6.23. The molecule has 1 saturated heterocycles. The van der Waals surface area contributed by atoms with Crippen molar-refractivity contribution in [1.29, 1.82) is 0 Å². The molecule has 0 aliphatic carbocycles. The van der Waals surface area contributed by atoms with Crippen molar-refractivity contribution in [3.05, 3.63) is 62.8 Å². The Balaban J connectivity index is 1.82. The fraction of sp³-hybridized carbons (Fsp3) is 0.222. The maximum Gasteiger partial charge on any atom is 0.261 e. The van der Waals surface area contributed by atoms with Gasteiger partial charge in [-0.2, -0.15) is 0 Å². The van der Waals surface area contributed by atoms with Crippen molar-refractivity contribution < 1.29 is 4.79 Å². The quantitative estimate of drug-likeness (QED) is 0.701. The highest BCUT2D eigenvalue weighted by Gasteiger charge is 2.23. The molecule has 0 spiro atoms. The SMILES string of the molecule is O=C(Nc1c(Cl)cncc1Cl)c1cn(C2CCNC2)c2ncccc2c1=O. The van der Waals surface area contributed by atoms with Gasteiger partial charge in [-0.3, -0.25) is 14.6 Å². The van der Waals surface area contributed by atoms with Crippen molar-refractivity contribution >= 4 is 45.8 Å². The van der Waals surface area contributed by atoms with Crippen molar-refractivity contribution in [2.45, 2.75) is 12.5 Å². The highest BCUT2D eigenvalue weighted by atomic mass is 35.5. The lowest BCUT2D eigenvalue weighted by atomic mass is 10.1. The molecule has 1 atom stereocenters. The largest absolute Gasteiger partial charge is 0.327 e. The number of hydrogen-bond acceptors (Lipinski definition) is 5. The fourth-order valence-electron chi connectivity index (χ4n) is 3.21. The van der Waals surface area contributed by atoms with Crippen LogP contribution in [0.5, 0.6) is 0 Å². The molecular weight excluding hydrogens is 389 g/mol. The van der Waals surface area contributed by atoms with E-state index in [4.69, 9.17) is 23.2 Å². The summed E-state index contributed by atoms with van der Waals surface area (Å²) in [6.45, 7) is 1.62. The number of fused-ring (bicyclic) bond motifs is 1. The highest BCUT2D eigenvalue weighted by molar-refractivity contribution is 6.39. The van der Waals surface area contributed by atoms with E-state index in [-0.39, 0.29) is 32.8 Å². The normalized spacial score (nSPS) is 16.6. The molecule has 3 aromatic rings. The number of carbonyl (C=O) groups excluding carboxylic acids is 1. The average Bonchev–Trinajstić information content (AvgIpc) is 3.20. The summed E-state index contributed by atoms with van der Waals surface area (Å²) < 4.78 is 1.89. The van der Waals surface area contributed by atoms with Gasteiger partial charge < -0.3 is 15.2 Å². The van der Waals surface area contributed by atoms with Crippen molar-refractivity contribution in [3.8, 4) is 0 Å². The number of nitrogens with one attached hydrogen (secondary N) is 2. The Morgan fingerprint density at radius 3 is 2.78 bits per heavy atom. The number of amides is 1. The van der Waals surface area contributed by atoms with Gasteiger partial charge in [0.05, 0.1) is 21.1 Å². The number of hydrogen-bond donors (Lipinski definition) is 2. The predicted molar refractivity (Wildman–Crippen MR) is 105 cm³/mol. The van der Waals surface area contributed by atoms with Crippen molar-refractivity contribution in [3.63, 3.8) is 0 Å². The second kappa shape index (κ2) is 7.26. The molecule has 7 nitrogen and oxygen atoms in total. The van der Waals surface area contributed by atoms with E-state index >= 15 is 0 Å². The zero-order valence-electron chi connectivity index (χ0n) is 14.1. The van der Waals surface area contributed by atoms with Crippen LogP contribution in [-0.2, 0) is 0 Å². The van der Waals surface area contributed by atoms with E-state index < -0.39 is 5.91 Å². The Morgan fingerprint density at radius 2 is 2.07 bits per heavy atom. The minimum atomic E-state index is -0.583. The Kier molecular flexibility index (Phi) is 4.82. The summed E-state index contributed by atoms with van der Waals surface area (Å²) in [4.78, 5) is 33.9. The van der Waals surface area contributed by atoms with E-state index in [9.17, 15) is 9.59 Å². The maximum atomic E-state index is 12.9. The summed E-state index contributed by atoms with van der Waals surface area (Å²) in [7, 11) is 0. The van der Waals surface area contributed by atoms with Crippen LogP contribution in [0.2, 0.25) is 10.0 Å². The summed E-state index contributed by atoms with van der Waals surface area (Å²) in [6.07, 6.45) is 6.83. The van der Waals surface area contributed by atoms with E-state index in [1.165, 1.54) is 12.4 Å². The van der Waals surface area contributed by atoms with Crippen LogP contribution in [0.15, 0.2) is 41.7 Å². The Bertz CT molecular complexity index is 1070. The van der Waals surface area contributed by atoms with E-state index in [2.05, 4.69) is 20.6 Å². The molecule has 0 radical (unpaired) electrons. The smallest absolute Gasteiger partial charge is 0.261 e. The first-order chi connectivity index (χ1) is 13.1. The number of pyridine rings is 3. The van der Waals surface area contributed by atoms with E-state index in [1.807, 2.05) is 4.57 Å². The van der Waals surface area contributed by atoms with Gasteiger partial charge in [-0.05, 0) is 25.1 Å². The van der Waals surface area contributed by atoms with Crippen LogP contribution in [0.1, 0.15) is 22.8 Å². The van der Waals surface area contributed by atoms with Gasteiger partial charge in [0.25, 0.3) is 5.91 Å². The zero-order valence-corrected chi connectivity index (χ0v) is 15.6. The lowest BCUT2D eigenvalue weighted by molar-refractivity contribution is 0.102. The molecular formula is C18H15Cl2N5O2. The predicted octanol–water partition coefficient (Wildman–Crippen LogP) is 2.89. The Labute approximate surface area is 164 Å². The van der Waals surface area contributed by atoms with E-state index in [0.29, 0.717) is 11.0 Å². The van der Waals surface area contributed by atoms with Crippen LogP contribution < -0.4 is 16.1 Å². The molecule has 2 N–H and O–H groups in total. The molecule has 9 heteroatoms. The second-order valence-corrected chi connectivity index (χ2v) is 7.05. The first kappa shape index (κ1) is 17.9. The zero-order chi connectivity index (χ0) is 19.0. The molecule has 1 fully saturated rings. The third-order valence-corrected chi connectivity index (χ3v) is 5.13. The molecule has 138 valence electrons. The molecule has 4 rings (SSSR count). The van der Waals surface area contributed by atoms with E-state index in [1.54, 1.807) is 24.5 Å². The molecule has 4 heterocycles. The molecule has 1 amide bonds. The van der Waals surface area contributed by atoms with Gasteiger partial charge >= 0.3 is 0 Å². The fourth-order valence-corrected chi connectivity index (χ4v) is 3.67. The van der Waals surface area contributed by atoms with Gasteiger partial charge in [0, 0.05) is 37.4 Å². The first-order valence-corrected chi connectivity index (χ1v) is 9.13. The number of halogens is 2. The average molecular weight is 404 g/mol. The van der Waals surface area contributed by atoms with Crippen molar-refractivity contribution in [2.75, 3.05) is 18.4 Å². The molecule has 3 aromatic heterocycles. The van der Waals surface area contributed by atoms with Crippen molar-refractivity contribution in [2.24, 2.45) is 0 Å². The maximum absolute atomic E-state index is 12.9. The summed E-state index contributed by atoms with van der Waals surface area (Å²) in [5.74, 6) is -0.583. The lowest BCUT2D eigenvalue weighted by Gasteiger charge is -2.18. The highest BCUT2D eigenvalue weighted by Crippen LogP contribution is 2.29. The summed E-state index contributed by atoms with van der Waals surface area (Å²) >= 11 is 12.1. The Hall–Kier alpha value is -2.48. The van der Waals surface area contributed by atoms with Crippen LogP contribution in [0, 0.1) is 0 Å². The van der Waals surface area contributed by atoms with Crippen LogP contribution in [0.25, 0.3) is 11.0 Å². The Morgan fingerprint density at radius 1 is 1.30 bits per heavy atom.